The molecule has 0 aliphatic rings. The highest BCUT2D eigenvalue weighted by molar-refractivity contribution is 7.89. The van der Waals surface area contributed by atoms with Crippen LogP contribution in [-0.4, -0.2) is 24.1 Å². The molecule has 0 fully saturated rings. The molecule has 1 heterocycles. The van der Waals surface area contributed by atoms with Crippen LogP contribution in [0.5, 0.6) is 0 Å². The Balaban J connectivity index is 2.27. The maximum Gasteiger partial charge on any atom is 0.341 e. The zero-order valence-corrected chi connectivity index (χ0v) is 15.0. The fourth-order valence-corrected chi connectivity index (χ4v) is 3.39. The molecule has 3 N–H and O–H groups in total. The first-order valence-corrected chi connectivity index (χ1v) is 9.41. The lowest BCUT2D eigenvalue weighted by Crippen LogP contribution is -2.19. The predicted octanol–water partition coefficient (Wildman–Crippen LogP) is 2.17. The number of carboxylic acids is 1. The van der Waals surface area contributed by atoms with E-state index in [2.05, 4.69) is 0 Å². The highest BCUT2D eigenvalue weighted by atomic mass is 32.2. The largest absolute Gasteiger partial charge is 0.477 e. The molecule has 1 aromatic heterocycles. The molecule has 0 saturated carbocycles. The number of carbonyl (C=O) groups is 1. The van der Waals surface area contributed by atoms with Crippen molar-refractivity contribution in [3.8, 4) is 11.1 Å². The second kappa shape index (κ2) is 6.60. The number of nitrogens with zero attached hydrogens (tertiary/aromatic N) is 1. The Morgan fingerprint density at radius 3 is 2.37 bits per heavy atom. The maximum absolute atomic E-state index is 14.6. The molecule has 0 saturated heterocycles. The molecule has 27 heavy (non-hydrogen) atoms. The molecule has 0 spiro atoms. The van der Waals surface area contributed by atoms with Crippen molar-refractivity contribution in [1.29, 1.82) is 0 Å². The summed E-state index contributed by atoms with van der Waals surface area (Å²) < 4.78 is 38.9. The lowest BCUT2D eigenvalue weighted by atomic mass is 10.0. The number of hydrogen-bond acceptors (Lipinski definition) is 4. The van der Waals surface area contributed by atoms with Crippen molar-refractivity contribution in [2.24, 2.45) is 5.14 Å². The van der Waals surface area contributed by atoms with E-state index in [9.17, 15) is 27.5 Å². The number of pyridine rings is 1. The molecule has 9 heteroatoms. The van der Waals surface area contributed by atoms with Crippen LogP contribution < -0.4 is 10.6 Å². The van der Waals surface area contributed by atoms with Crippen LogP contribution >= 0.6 is 0 Å². The van der Waals surface area contributed by atoms with E-state index in [0.717, 1.165) is 6.07 Å². The average Bonchev–Trinajstić information content (AvgIpc) is 2.61. The molecular weight excluding hydrogens is 375 g/mol. The van der Waals surface area contributed by atoms with Gasteiger partial charge in [-0.1, -0.05) is 12.1 Å². The summed E-state index contributed by atoms with van der Waals surface area (Å²) in [5.41, 5.74) is -0.294. The van der Waals surface area contributed by atoms with E-state index in [1.807, 2.05) is 0 Å². The molecule has 0 atom stereocenters. The summed E-state index contributed by atoms with van der Waals surface area (Å²) in [6, 6.07) is 7.77. The van der Waals surface area contributed by atoms with Gasteiger partial charge in [0.1, 0.15) is 11.4 Å². The Labute approximate surface area is 153 Å². The third kappa shape index (κ3) is 3.34. The van der Waals surface area contributed by atoms with E-state index in [4.69, 9.17) is 5.14 Å². The van der Waals surface area contributed by atoms with Crippen LogP contribution in [0.25, 0.3) is 22.0 Å². The van der Waals surface area contributed by atoms with Crippen LogP contribution in [0.1, 0.15) is 17.3 Å². The third-order valence-electron chi connectivity index (χ3n) is 4.23. The smallest absolute Gasteiger partial charge is 0.341 e. The normalized spacial score (nSPS) is 11.7. The third-order valence-corrected chi connectivity index (χ3v) is 5.16. The van der Waals surface area contributed by atoms with Gasteiger partial charge in [0.05, 0.1) is 10.4 Å². The minimum absolute atomic E-state index is 0.0424. The number of halogens is 1. The Morgan fingerprint density at radius 1 is 1.22 bits per heavy atom. The van der Waals surface area contributed by atoms with E-state index in [0.29, 0.717) is 17.6 Å². The van der Waals surface area contributed by atoms with Gasteiger partial charge >= 0.3 is 5.97 Å². The van der Waals surface area contributed by atoms with E-state index in [1.165, 1.54) is 36.5 Å². The second-order valence-corrected chi connectivity index (χ2v) is 7.44. The Kier molecular flexibility index (Phi) is 4.58. The fourth-order valence-electron chi connectivity index (χ4n) is 2.87. The molecule has 0 bridgehead atoms. The van der Waals surface area contributed by atoms with Crippen LogP contribution in [0.2, 0.25) is 0 Å². The van der Waals surface area contributed by atoms with Gasteiger partial charge in [0.25, 0.3) is 0 Å². The number of aromatic nitrogens is 1. The maximum atomic E-state index is 14.6. The van der Waals surface area contributed by atoms with Gasteiger partial charge in [0, 0.05) is 23.7 Å². The minimum atomic E-state index is -3.87. The van der Waals surface area contributed by atoms with Gasteiger partial charge in [0.2, 0.25) is 15.5 Å². The van der Waals surface area contributed by atoms with Crippen molar-refractivity contribution in [2.75, 3.05) is 0 Å². The van der Waals surface area contributed by atoms with Crippen molar-refractivity contribution in [3.63, 3.8) is 0 Å². The van der Waals surface area contributed by atoms with E-state index in [1.54, 1.807) is 11.5 Å². The summed E-state index contributed by atoms with van der Waals surface area (Å²) in [6.07, 6.45) is 1.22. The van der Waals surface area contributed by atoms with Crippen molar-refractivity contribution in [3.05, 3.63) is 64.2 Å². The molecule has 0 aliphatic heterocycles. The molecule has 3 rings (SSSR count). The topological polar surface area (TPSA) is 119 Å². The van der Waals surface area contributed by atoms with Crippen molar-refractivity contribution >= 4 is 26.9 Å². The molecule has 140 valence electrons. The number of nitrogens with two attached hydrogens (primary N) is 1. The van der Waals surface area contributed by atoms with E-state index >= 15 is 0 Å². The SMILES string of the molecule is CCn1cc(C(=O)O)c(=O)c2cc(F)c(-c3ccc(S(N)(=O)=O)cc3)cc21. The molecule has 2 aromatic carbocycles. The number of aryl methyl sites for hydroxylation is 1. The molecule has 3 aromatic rings. The summed E-state index contributed by atoms with van der Waals surface area (Å²) in [6.45, 7) is 2.13. The van der Waals surface area contributed by atoms with Gasteiger partial charge in [-0.25, -0.2) is 22.7 Å². The molecule has 0 aliphatic carbocycles. The number of primary sulfonamides is 1. The molecule has 7 nitrogen and oxygen atoms in total. The minimum Gasteiger partial charge on any atom is -0.477 e. The number of rotatable bonds is 4. The Bertz CT molecular complexity index is 1230. The first kappa shape index (κ1) is 18.7. The summed E-state index contributed by atoms with van der Waals surface area (Å²) in [5.74, 6) is -2.11. The summed E-state index contributed by atoms with van der Waals surface area (Å²) >= 11 is 0. The lowest BCUT2D eigenvalue weighted by molar-refractivity contribution is 0.0695. The zero-order chi connectivity index (χ0) is 19.9. The van der Waals surface area contributed by atoms with Gasteiger partial charge in [-0.15, -0.1) is 0 Å². The van der Waals surface area contributed by atoms with E-state index in [-0.39, 0.29) is 15.8 Å². The monoisotopic (exact) mass is 390 g/mol. The number of carboxylic acid groups (broad SMARTS) is 1. The number of sulfonamides is 1. The van der Waals surface area contributed by atoms with Gasteiger partial charge in [-0.2, -0.15) is 0 Å². The highest BCUT2D eigenvalue weighted by Gasteiger charge is 2.17. The predicted molar refractivity (Wildman–Crippen MR) is 97.6 cm³/mol. The van der Waals surface area contributed by atoms with Crippen molar-refractivity contribution < 1.29 is 22.7 Å². The van der Waals surface area contributed by atoms with Crippen molar-refractivity contribution in [2.45, 2.75) is 18.4 Å². The van der Waals surface area contributed by atoms with Gasteiger partial charge < -0.3 is 9.67 Å². The van der Waals surface area contributed by atoms with Crippen LogP contribution in [0.15, 0.2) is 52.3 Å². The highest BCUT2D eigenvalue weighted by Crippen LogP contribution is 2.28. The number of fused-ring (bicyclic) bond motifs is 1. The number of benzene rings is 2. The fraction of sp³-hybridized carbons (Fsp3) is 0.111. The lowest BCUT2D eigenvalue weighted by Gasteiger charge is -2.13. The van der Waals surface area contributed by atoms with Crippen LogP contribution in [0, 0.1) is 5.82 Å². The van der Waals surface area contributed by atoms with Crippen LogP contribution in [0.4, 0.5) is 4.39 Å². The van der Waals surface area contributed by atoms with Gasteiger partial charge in [0.15, 0.2) is 0 Å². The van der Waals surface area contributed by atoms with Gasteiger partial charge in [-0.3, -0.25) is 4.79 Å². The Morgan fingerprint density at radius 2 is 1.85 bits per heavy atom. The molecule has 0 unspecified atom stereocenters. The van der Waals surface area contributed by atoms with Crippen molar-refractivity contribution in [1.82, 2.24) is 4.57 Å². The standard InChI is InChI=1S/C18H15FN2O5S/c1-2-21-9-14(18(23)24)17(22)13-7-15(19)12(8-16(13)21)10-3-5-11(6-4-10)27(20,25)26/h3-9H,2H2,1H3,(H,23,24)(H2,20,25,26). The average molecular weight is 390 g/mol. The second-order valence-electron chi connectivity index (χ2n) is 5.88. The summed E-state index contributed by atoms with van der Waals surface area (Å²) in [5, 5.41) is 14.2. The Hall–Kier alpha value is -3.04. The summed E-state index contributed by atoms with van der Waals surface area (Å²) in [4.78, 5) is 23.5. The van der Waals surface area contributed by atoms with Crippen LogP contribution in [0.3, 0.4) is 0 Å². The quantitative estimate of drug-likeness (QED) is 0.707. The summed E-state index contributed by atoms with van der Waals surface area (Å²) in [7, 11) is -3.87. The first-order valence-electron chi connectivity index (χ1n) is 7.86. The molecule has 0 amide bonds. The van der Waals surface area contributed by atoms with Crippen LogP contribution in [-0.2, 0) is 16.6 Å². The first-order chi connectivity index (χ1) is 12.6. The number of aromatic carboxylic acids is 1. The number of hydrogen-bond donors (Lipinski definition) is 2. The molecular formula is C18H15FN2O5S. The van der Waals surface area contributed by atoms with Gasteiger partial charge in [-0.05, 0) is 36.8 Å². The zero-order valence-electron chi connectivity index (χ0n) is 14.1. The molecule has 0 radical (unpaired) electrons. The van der Waals surface area contributed by atoms with E-state index < -0.39 is 32.8 Å².